The zero-order chi connectivity index (χ0) is 21.1. The van der Waals surface area contributed by atoms with Gasteiger partial charge < -0.3 is 10.1 Å². The topological polar surface area (TPSA) is 107 Å². The quantitative estimate of drug-likeness (QED) is 0.185. The smallest absolute Gasteiger partial charge is 0.343 e. The molecule has 1 aromatic heterocycles. The summed E-state index contributed by atoms with van der Waals surface area (Å²) in [6.45, 7) is 0. The van der Waals surface area contributed by atoms with Gasteiger partial charge in [-0.15, -0.1) is 0 Å². The molecule has 9 heteroatoms. The minimum Gasteiger partial charge on any atom is -0.423 e. The minimum atomic E-state index is -0.613. The van der Waals surface area contributed by atoms with Gasteiger partial charge in [-0.25, -0.2) is 14.8 Å². The lowest BCUT2D eigenvalue weighted by molar-refractivity contribution is -0.384. The summed E-state index contributed by atoms with van der Waals surface area (Å²) < 4.78 is 6.30. The third-order valence-corrected chi connectivity index (χ3v) is 4.71. The Morgan fingerprint density at radius 2 is 1.83 bits per heavy atom. The number of esters is 1. The van der Waals surface area contributed by atoms with Crippen LogP contribution < -0.4 is 10.1 Å². The molecule has 4 rings (SSSR count). The van der Waals surface area contributed by atoms with Gasteiger partial charge in [0.15, 0.2) is 0 Å². The van der Waals surface area contributed by atoms with Gasteiger partial charge in [-0.05, 0) is 42.5 Å². The summed E-state index contributed by atoms with van der Waals surface area (Å²) >= 11 is 3.45. The number of rotatable bonds is 5. The fourth-order valence-corrected chi connectivity index (χ4v) is 3.15. The lowest BCUT2D eigenvalue weighted by Crippen LogP contribution is -2.08. The summed E-state index contributed by atoms with van der Waals surface area (Å²) in [5.41, 5.74) is 1.58. The predicted molar refractivity (Wildman–Crippen MR) is 115 cm³/mol. The number of hydrogen-bond donors (Lipinski definition) is 1. The van der Waals surface area contributed by atoms with Gasteiger partial charge in [0.2, 0.25) is 0 Å². The third kappa shape index (κ3) is 4.26. The number of nitrogens with zero attached hydrogens (tertiary/aromatic N) is 3. The van der Waals surface area contributed by atoms with Gasteiger partial charge in [-0.3, -0.25) is 10.1 Å². The van der Waals surface area contributed by atoms with E-state index < -0.39 is 10.9 Å². The molecule has 0 spiro atoms. The first-order valence-electron chi connectivity index (χ1n) is 8.73. The van der Waals surface area contributed by atoms with Crippen molar-refractivity contribution in [3.05, 3.63) is 93.2 Å². The van der Waals surface area contributed by atoms with Crippen LogP contribution in [0.1, 0.15) is 10.4 Å². The number of benzene rings is 3. The number of aromatic nitrogens is 2. The number of non-ortho nitro benzene ring substituents is 1. The van der Waals surface area contributed by atoms with E-state index in [0.717, 1.165) is 15.4 Å². The molecule has 0 unspecified atom stereocenters. The molecule has 1 N–H and O–H groups in total. The van der Waals surface area contributed by atoms with Crippen LogP contribution in [0.5, 0.6) is 5.75 Å². The van der Waals surface area contributed by atoms with Crippen LogP contribution in [0, 0.1) is 10.1 Å². The van der Waals surface area contributed by atoms with Crippen LogP contribution in [0.25, 0.3) is 10.9 Å². The molecule has 0 bridgehead atoms. The highest BCUT2D eigenvalue weighted by Gasteiger charge is 2.12. The van der Waals surface area contributed by atoms with Crippen LogP contribution >= 0.6 is 15.9 Å². The Bertz CT molecular complexity index is 1260. The van der Waals surface area contributed by atoms with Crippen LogP contribution in [0.4, 0.5) is 17.2 Å². The molecule has 0 saturated carbocycles. The van der Waals surface area contributed by atoms with Gasteiger partial charge in [0.25, 0.3) is 5.69 Å². The van der Waals surface area contributed by atoms with E-state index in [-0.39, 0.29) is 11.3 Å². The summed E-state index contributed by atoms with van der Waals surface area (Å²) in [7, 11) is 0. The summed E-state index contributed by atoms with van der Waals surface area (Å²) in [6.07, 6.45) is 1.47. The molecular formula is C21H13BrN4O4. The molecule has 0 atom stereocenters. The van der Waals surface area contributed by atoms with E-state index in [2.05, 4.69) is 31.2 Å². The molecule has 1 heterocycles. The van der Waals surface area contributed by atoms with Crippen molar-refractivity contribution in [1.29, 1.82) is 0 Å². The van der Waals surface area contributed by atoms with Crippen molar-refractivity contribution in [3.8, 4) is 5.75 Å². The van der Waals surface area contributed by atoms with Gasteiger partial charge in [-0.2, -0.15) is 0 Å². The first kappa shape index (κ1) is 19.5. The van der Waals surface area contributed by atoms with Gasteiger partial charge in [0.05, 0.1) is 16.0 Å². The first-order chi connectivity index (χ1) is 14.5. The monoisotopic (exact) mass is 464 g/mol. The Balaban J connectivity index is 1.54. The van der Waals surface area contributed by atoms with Crippen molar-refractivity contribution in [2.45, 2.75) is 0 Å². The Morgan fingerprint density at radius 1 is 1.03 bits per heavy atom. The fraction of sp³-hybridized carbons (Fsp3) is 0. The van der Waals surface area contributed by atoms with E-state index in [1.807, 2.05) is 24.3 Å². The number of hydrogen-bond acceptors (Lipinski definition) is 7. The zero-order valence-corrected chi connectivity index (χ0v) is 16.9. The zero-order valence-electron chi connectivity index (χ0n) is 15.3. The normalized spacial score (nSPS) is 10.6. The molecule has 0 aliphatic carbocycles. The number of anilines is 2. The number of nitro groups is 1. The maximum atomic E-state index is 12.3. The molecule has 3 aromatic carbocycles. The highest BCUT2D eigenvalue weighted by atomic mass is 79.9. The molecule has 0 fully saturated rings. The number of ether oxygens (including phenoxy) is 1. The Kier molecular flexibility index (Phi) is 5.36. The molecule has 8 nitrogen and oxygen atoms in total. The van der Waals surface area contributed by atoms with E-state index in [4.69, 9.17) is 4.74 Å². The second-order valence-electron chi connectivity index (χ2n) is 6.23. The van der Waals surface area contributed by atoms with Gasteiger partial charge >= 0.3 is 5.97 Å². The van der Waals surface area contributed by atoms with Crippen molar-refractivity contribution in [2.75, 3.05) is 5.32 Å². The molecule has 0 radical (unpaired) electrons. The second-order valence-corrected chi connectivity index (χ2v) is 7.15. The minimum absolute atomic E-state index is 0.0959. The number of carbonyl (C=O) groups is 1. The van der Waals surface area contributed by atoms with Crippen LogP contribution in [-0.2, 0) is 0 Å². The van der Waals surface area contributed by atoms with Gasteiger partial charge in [-0.1, -0.05) is 22.0 Å². The highest BCUT2D eigenvalue weighted by molar-refractivity contribution is 9.10. The molecule has 0 amide bonds. The number of halogens is 1. The maximum Gasteiger partial charge on any atom is 0.343 e. The average Bonchev–Trinajstić information content (AvgIpc) is 2.74. The van der Waals surface area contributed by atoms with Crippen LogP contribution in [0.15, 0.2) is 77.5 Å². The van der Waals surface area contributed by atoms with E-state index in [9.17, 15) is 14.9 Å². The van der Waals surface area contributed by atoms with E-state index in [1.165, 1.54) is 30.6 Å². The lowest BCUT2D eigenvalue weighted by atomic mass is 10.2. The van der Waals surface area contributed by atoms with Crippen LogP contribution in [0.2, 0.25) is 0 Å². The summed E-state index contributed by atoms with van der Waals surface area (Å²) in [6, 6.07) is 17.8. The molecular weight excluding hydrogens is 452 g/mol. The summed E-state index contributed by atoms with van der Waals surface area (Å²) in [5, 5.41) is 14.8. The largest absolute Gasteiger partial charge is 0.423 e. The highest BCUT2D eigenvalue weighted by Crippen LogP contribution is 2.27. The maximum absolute atomic E-state index is 12.3. The van der Waals surface area contributed by atoms with Crippen LogP contribution in [-0.4, -0.2) is 20.9 Å². The SMILES string of the molecule is O=C(Oc1cccc(Nc2ncnc3ccc(Br)cc23)c1)c1ccc([N+](=O)[O-])cc1. The van der Waals surface area contributed by atoms with Crippen molar-refractivity contribution in [2.24, 2.45) is 0 Å². The second kappa shape index (κ2) is 8.26. The molecule has 0 saturated heterocycles. The van der Waals surface area contributed by atoms with Crippen molar-refractivity contribution < 1.29 is 14.5 Å². The molecule has 30 heavy (non-hydrogen) atoms. The Labute approximate surface area is 178 Å². The predicted octanol–water partition coefficient (Wildman–Crippen LogP) is 5.26. The summed E-state index contributed by atoms with van der Waals surface area (Å²) in [5.74, 6) is 0.321. The average molecular weight is 465 g/mol. The van der Waals surface area contributed by atoms with Crippen LogP contribution in [0.3, 0.4) is 0 Å². The van der Waals surface area contributed by atoms with Crippen molar-refractivity contribution >= 4 is 50.0 Å². The standard InChI is InChI=1S/C21H13BrN4O4/c22-14-6-9-19-18(10-14)20(24-12-23-19)25-15-2-1-3-17(11-15)30-21(27)13-4-7-16(8-5-13)26(28)29/h1-12H,(H,23,24,25). The Hall–Kier alpha value is -3.85. The number of nitrogens with one attached hydrogen (secondary N) is 1. The third-order valence-electron chi connectivity index (χ3n) is 4.22. The molecule has 148 valence electrons. The fourth-order valence-electron chi connectivity index (χ4n) is 2.79. The van der Waals surface area contributed by atoms with Crippen molar-refractivity contribution in [1.82, 2.24) is 9.97 Å². The van der Waals surface area contributed by atoms with Crippen molar-refractivity contribution in [3.63, 3.8) is 0 Å². The lowest BCUT2D eigenvalue weighted by Gasteiger charge is -2.10. The first-order valence-corrected chi connectivity index (χ1v) is 9.53. The van der Waals surface area contributed by atoms with Gasteiger partial charge in [0, 0.05) is 33.7 Å². The molecule has 4 aromatic rings. The molecule has 0 aliphatic rings. The number of carbonyl (C=O) groups excluding carboxylic acids is 1. The van der Waals surface area contributed by atoms with E-state index in [0.29, 0.717) is 17.3 Å². The van der Waals surface area contributed by atoms with E-state index >= 15 is 0 Å². The van der Waals surface area contributed by atoms with Gasteiger partial charge in [0.1, 0.15) is 17.9 Å². The number of nitro benzene ring substituents is 1. The van der Waals surface area contributed by atoms with E-state index in [1.54, 1.807) is 18.2 Å². The molecule has 0 aliphatic heterocycles. The summed E-state index contributed by atoms with van der Waals surface area (Å²) in [4.78, 5) is 31.1. The number of fused-ring (bicyclic) bond motifs is 1. The Morgan fingerprint density at radius 3 is 2.60 bits per heavy atom.